The predicted octanol–water partition coefficient (Wildman–Crippen LogP) is 18.3. The number of unbranched alkanes of at least 4 members (excludes halogenated alkanes) is 25. The summed E-state index contributed by atoms with van der Waals surface area (Å²) in [5.41, 5.74) is 21.6. The second-order valence-corrected chi connectivity index (χ2v) is 17.2. The average molecular weight is 763 g/mol. The Morgan fingerprint density at radius 2 is 0.821 bits per heavy atom. The molecule has 0 aromatic heterocycles. The third-order valence-corrected chi connectivity index (χ3v) is 12.1. The molecule has 56 heavy (non-hydrogen) atoms. The minimum Gasteiger partial charge on any atom is -0.493 e. The molecule has 0 spiro atoms. The maximum Gasteiger partial charge on any atom is 0.215 e. The lowest BCUT2D eigenvalue weighted by atomic mass is 9.93. The van der Waals surface area contributed by atoms with Gasteiger partial charge in [0.1, 0.15) is 0 Å². The van der Waals surface area contributed by atoms with Crippen molar-refractivity contribution in [1.29, 1.82) is 0 Å². The standard InChI is InChI=1S/C54H86N2/c1-5-9-13-14-15-16-17-18-19-20-21-22-23-24-25-26-27-28-29-30-31-34-44-52-51(43-12-8-4)53(49-41-35-39-47(45-49)37-32-10-6-2)56(55)54(52)50-42-36-40-48(46-50)38-33-11-7-3/h34-36,39-42,44-46H,5-33,37-38,43H2,1-4H3. The van der Waals surface area contributed by atoms with E-state index in [1.807, 2.05) is 0 Å². The summed E-state index contributed by atoms with van der Waals surface area (Å²) in [6.45, 7) is 9.12. The molecule has 0 N–H and O–H groups in total. The van der Waals surface area contributed by atoms with Gasteiger partial charge in [-0.1, -0.05) is 218 Å². The van der Waals surface area contributed by atoms with Gasteiger partial charge in [-0.2, -0.15) is 0 Å². The molecule has 1 heterocycles. The van der Waals surface area contributed by atoms with E-state index in [9.17, 15) is 5.53 Å². The van der Waals surface area contributed by atoms with Crippen LogP contribution in [0.2, 0.25) is 0 Å². The molecule has 0 aliphatic carbocycles. The Balaban J connectivity index is 1.51. The zero-order valence-corrected chi connectivity index (χ0v) is 37.3. The van der Waals surface area contributed by atoms with Gasteiger partial charge in [-0.25, -0.2) is 4.70 Å². The molecular weight excluding hydrogens is 677 g/mol. The zero-order chi connectivity index (χ0) is 39.9. The van der Waals surface area contributed by atoms with Crippen molar-refractivity contribution in [1.82, 2.24) is 0 Å². The topological polar surface area (TPSA) is 25.3 Å². The predicted molar refractivity (Wildman–Crippen MR) is 248 cm³/mol. The van der Waals surface area contributed by atoms with Crippen molar-refractivity contribution in [2.45, 2.75) is 233 Å². The third kappa shape index (κ3) is 18.7. The molecular formula is C54H86N2. The number of hydrogen-bond donors (Lipinski definition) is 0. The van der Waals surface area contributed by atoms with Gasteiger partial charge in [-0.3, -0.25) is 0 Å². The quantitative estimate of drug-likeness (QED) is 0.0494. The van der Waals surface area contributed by atoms with Crippen molar-refractivity contribution in [2.75, 3.05) is 0 Å². The largest absolute Gasteiger partial charge is 0.493 e. The van der Waals surface area contributed by atoms with Crippen molar-refractivity contribution < 1.29 is 4.70 Å². The summed E-state index contributed by atoms with van der Waals surface area (Å²) in [6, 6.07) is 18.0. The Morgan fingerprint density at radius 1 is 0.429 bits per heavy atom. The number of nitrogens with zero attached hydrogens (tertiary/aromatic N) is 2. The maximum absolute atomic E-state index is 12.2. The average Bonchev–Trinajstić information content (AvgIpc) is 3.49. The molecule has 2 aromatic rings. The first-order chi connectivity index (χ1) is 27.6. The first-order valence-electron chi connectivity index (χ1n) is 24.5. The first-order valence-corrected chi connectivity index (χ1v) is 24.5. The maximum atomic E-state index is 12.2. The Labute approximate surface area is 347 Å². The van der Waals surface area contributed by atoms with E-state index < -0.39 is 0 Å². The number of aryl methyl sites for hydroxylation is 2. The van der Waals surface area contributed by atoms with Gasteiger partial charge in [-0.15, -0.1) is 0 Å². The van der Waals surface area contributed by atoms with Gasteiger partial charge in [0.15, 0.2) is 0 Å². The van der Waals surface area contributed by atoms with Crippen molar-refractivity contribution in [3.8, 4) is 0 Å². The molecule has 0 saturated carbocycles. The van der Waals surface area contributed by atoms with E-state index in [0.717, 1.165) is 61.0 Å². The molecule has 0 radical (unpaired) electrons. The summed E-state index contributed by atoms with van der Waals surface area (Å²) in [6.07, 6.45) is 47.0. The van der Waals surface area contributed by atoms with Crippen LogP contribution in [-0.4, -0.2) is 4.70 Å². The lowest BCUT2D eigenvalue weighted by Gasteiger charge is -2.11. The molecule has 1 aliphatic heterocycles. The van der Waals surface area contributed by atoms with Crippen LogP contribution in [0, 0.1) is 0 Å². The van der Waals surface area contributed by atoms with Crippen molar-refractivity contribution >= 4 is 11.4 Å². The van der Waals surface area contributed by atoms with Crippen LogP contribution >= 0.6 is 0 Å². The molecule has 0 amide bonds. The van der Waals surface area contributed by atoms with Crippen LogP contribution in [0.25, 0.3) is 16.9 Å². The third-order valence-electron chi connectivity index (χ3n) is 12.1. The normalized spacial score (nSPS) is 13.3. The van der Waals surface area contributed by atoms with Crippen LogP contribution in [-0.2, 0) is 12.8 Å². The fourth-order valence-electron chi connectivity index (χ4n) is 8.61. The fraction of sp³-hybridized carbons (Fsp3) is 0.667. The Morgan fingerprint density at radius 3 is 1.27 bits per heavy atom. The monoisotopic (exact) mass is 763 g/mol. The molecule has 312 valence electrons. The number of hydrogen-bond acceptors (Lipinski definition) is 0. The first kappa shape index (κ1) is 47.6. The van der Waals surface area contributed by atoms with E-state index >= 15 is 0 Å². The summed E-state index contributed by atoms with van der Waals surface area (Å²) in [4.78, 5) is 0. The summed E-state index contributed by atoms with van der Waals surface area (Å²) in [5, 5.41) is 0. The highest BCUT2D eigenvalue weighted by Crippen LogP contribution is 2.43. The molecule has 0 unspecified atom stereocenters. The highest BCUT2D eigenvalue weighted by molar-refractivity contribution is 5.84. The van der Waals surface area contributed by atoms with E-state index in [-0.39, 0.29) is 0 Å². The lowest BCUT2D eigenvalue weighted by Crippen LogP contribution is -2.03. The van der Waals surface area contributed by atoms with Gasteiger partial charge in [0, 0.05) is 16.7 Å². The smallest absolute Gasteiger partial charge is 0.215 e. The lowest BCUT2D eigenvalue weighted by molar-refractivity contribution is -0.345. The van der Waals surface area contributed by atoms with Crippen LogP contribution in [0.3, 0.4) is 0 Å². The van der Waals surface area contributed by atoms with Gasteiger partial charge < -0.3 is 5.53 Å². The summed E-state index contributed by atoms with van der Waals surface area (Å²) in [7, 11) is 0. The Hall–Kier alpha value is -2.74. The van der Waals surface area contributed by atoms with E-state index in [1.54, 1.807) is 4.70 Å². The zero-order valence-electron chi connectivity index (χ0n) is 37.3. The van der Waals surface area contributed by atoms with Crippen LogP contribution in [0.4, 0.5) is 0 Å². The molecule has 2 heteroatoms. The molecule has 0 saturated heterocycles. The molecule has 0 fully saturated rings. The number of rotatable bonds is 35. The van der Waals surface area contributed by atoms with Crippen LogP contribution in [0.1, 0.15) is 243 Å². The fourth-order valence-corrected chi connectivity index (χ4v) is 8.61. The minimum absolute atomic E-state index is 0.958. The molecule has 3 rings (SSSR count). The highest BCUT2D eigenvalue weighted by atomic mass is 15.2. The van der Waals surface area contributed by atoms with E-state index in [2.05, 4.69) is 88.4 Å². The van der Waals surface area contributed by atoms with Gasteiger partial charge >= 0.3 is 0 Å². The number of allylic oxidation sites excluding steroid dienone is 4. The van der Waals surface area contributed by atoms with Crippen molar-refractivity contribution in [3.05, 3.63) is 99.6 Å². The van der Waals surface area contributed by atoms with Gasteiger partial charge in [-0.05, 0) is 86.8 Å². The molecule has 1 aliphatic rings. The summed E-state index contributed by atoms with van der Waals surface area (Å²) >= 11 is 0. The molecule has 0 atom stereocenters. The Bertz CT molecular complexity index is 1420. The van der Waals surface area contributed by atoms with E-state index in [4.69, 9.17) is 0 Å². The summed E-state index contributed by atoms with van der Waals surface area (Å²) < 4.78 is 1.55. The summed E-state index contributed by atoms with van der Waals surface area (Å²) in [5.74, 6) is 0. The molecule has 2 nitrogen and oxygen atoms in total. The van der Waals surface area contributed by atoms with Crippen LogP contribution in [0.5, 0.6) is 0 Å². The van der Waals surface area contributed by atoms with Gasteiger partial charge in [0.05, 0.1) is 5.57 Å². The van der Waals surface area contributed by atoms with Gasteiger partial charge in [0.2, 0.25) is 11.4 Å². The SMILES string of the molecule is CCCCCCCCCCCCCCCCCCCCCCC=CC1=C(c2cccc(CCCCC)c2)[N+](=[N-])C(c2cccc(CCCCC)c2)=C1CCCC. The second kappa shape index (κ2) is 31.3. The van der Waals surface area contributed by atoms with Crippen molar-refractivity contribution in [3.63, 3.8) is 0 Å². The van der Waals surface area contributed by atoms with E-state index in [1.165, 1.54) is 189 Å². The molecule has 0 bridgehead atoms. The Kier molecular flexibility index (Phi) is 26.6. The highest BCUT2D eigenvalue weighted by Gasteiger charge is 2.34. The van der Waals surface area contributed by atoms with Crippen LogP contribution in [0.15, 0.2) is 71.8 Å². The van der Waals surface area contributed by atoms with Gasteiger partial charge in [0.25, 0.3) is 0 Å². The van der Waals surface area contributed by atoms with Crippen molar-refractivity contribution in [2.24, 2.45) is 0 Å². The number of benzene rings is 2. The van der Waals surface area contributed by atoms with Crippen LogP contribution < -0.4 is 0 Å². The minimum atomic E-state index is 0.958. The molecule has 2 aromatic carbocycles. The second-order valence-electron chi connectivity index (χ2n) is 17.2. The van der Waals surface area contributed by atoms with E-state index in [0.29, 0.717) is 0 Å².